The van der Waals surface area contributed by atoms with Crippen LogP contribution in [0.1, 0.15) is 49.6 Å². The lowest BCUT2D eigenvalue weighted by Crippen LogP contribution is -2.23. The lowest BCUT2D eigenvalue weighted by atomic mass is 10.0. The van der Waals surface area contributed by atoms with Crippen molar-refractivity contribution in [3.8, 4) is 0 Å². The predicted octanol–water partition coefficient (Wildman–Crippen LogP) is 2.93. The maximum Gasteiger partial charge on any atom is 0.150 e. The highest BCUT2D eigenvalue weighted by Gasteiger charge is 2.14. The number of benzene rings is 1. The number of hydrogen-bond acceptors (Lipinski definition) is 3. The summed E-state index contributed by atoms with van der Waals surface area (Å²) in [5.74, 6) is 2.00. The molecule has 21 heavy (non-hydrogen) atoms. The van der Waals surface area contributed by atoms with Gasteiger partial charge in [0.25, 0.3) is 0 Å². The Hall–Kier alpha value is -1.68. The normalized spacial score (nSPS) is 12.6. The van der Waals surface area contributed by atoms with Crippen molar-refractivity contribution in [2.45, 2.75) is 52.6 Å². The second-order valence-electron chi connectivity index (χ2n) is 5.27. The fourth-order valence-electron chi connectivity index (χ4n) is 2.51. The van der Waals surface area contributed by atoms with Gasteiger partial charge in [-0.3, -0.25) is 0 Å². The minimum Gasteiger partial charge on any atom is -0.311 e. The minimum atomic E-state index is 0.257. The van der Waals surface area contributed by atoms with Crippen LogP contribution in [-0.4, -0.2) is 21.8 Å². The fraction of sp³-hybridized carbons (Fsp3) is 0.529. The summed E-state index contributed by atoms with van der Waals surface area (Å²) in [7, 11) is 2.00. The molecule has 0 fully saturated rings. The lowest BCUT2D eigenvalue weighted by molar-refractivity contribution is 0.454. The molecular formula is C17H26N4. The molecule has 0 aliphatic heterocycles. The van der Waals surface area contributed by atoms with E-state index < -0.39 is 0 Å². The molecule has 4 heteroatoms. The molecular weight excluding hydrogens is 260 g/mol. The lowest BCUT2D eigenvalue weighted by Gasteiger charge is -2.18. The summed E-state index contributed by atoms with van der Waals surface area (Å²) in [6.45, 7) is 7.22. The van der Waals surface area contributed by atoms with Gasteiger partial charge >= 0.3 is 0 Å². The number of nitrogens with one attached hydrogen (secondary N) is 1. The molecule has 4 nitrogen and oxygen atoms in total. The third kappa shape index (κ3) is 3.70. The molecule has 0 amide bonds. The molecule has 114 valence electrons. The van der Waals surface area contributed by atoms with Crippen LogP contribution >= 0.6 is 0 Å². The largest absolute Gasteiger partial charge is 0.311 e. The maximum absolute atomic E-state index is 4.61. The number of aromatic nitrogens is 3. The van der Waals surface area contributed by atoms with Gasteiger partial charge in [-0.25, -0.2) is 9.67 Å². The Bertz CT molecular complexity index is 557. The van der Waals surface area contributed by atoms with E-state index in [2.05, 4.69) is 60.4 Å². The minimum absolute atomic E-state index is 0.257. The van der Waals surface area contributed by atoms with Crippen molar-refractivity contribution in [1.82, 2.24) is 20.1 Å². The Morgan fingerprint density at radius 3 is 2.29 bits per heavy atom. The van der Waals surface area contributed by atoms with Gasteiger partial charge in [-0.05, 0) is 24.6 Å². The summed E-state index contributed by atoms with van der Waals surface area (Å²) in [5.41, 5.74) is 2.67. The van der Waals surface area contributed by atoms with Crippen LogP contribution in [-0.2, 0) is 25.8 Å². The van der Waals surface area contributed by atoms with Gasteiger partial charge in [0.15, 0.2) is 5.82 Å². The molecule has 0 aliphatic carbocycles. The first kappa shape index (κ1) is 15.7. The molecule has 1 aromatic carbocycles. The number of nitrogens with zero attached hydrogens (tertiary/aromatic N) is 3. The SMILES string of the molecule is CCc1ccc(C(Cn2nc(CC)nc2CC)NC)cc1. The first-order chi connectivity index (χ1) is 10.2. The second-order valence-corrected chi connectivity index (χ2v) is 5.27. The van der Waals surface area contributed by atoms with Gasteiger partial charge in [0.2, 0.25) is 0 Å². The zero-order valence-electron chi connectivity index (χ0n) is 13.6. The first-order valence-corrected chi connectivity index (χ1v) is 7.90. The topological polar surface area (TPSA) is 42.7 Å². The Balaban J connectivity index is 2.19. The van der Waals surface area contributed by atoms with Crippen LogP contribution in [0.25, 0.3) is 0 Å². The summed E-state index contributed by atoms with van der Waals surface area (Å²) >= 11 is 0. The molecule has 1 aromatic heterocycles. The van der Waals surface area contributed by atoms with Crippen LogP contribution in [0.4, 0.5) is 0 Å². The molecule has 0 bridgehead atoms. The van der Waals surface area contributed by atoms with E-state index in [9.17, 15) is 0 Å². The van der Waals surface area contributed by atoms with Crippen molar-refractivity contribution < 1.29 is 0 Å². The van der Waals surface area contributed by atoms with E-state index in [1.54, 1.807) is 0 Å². The van der Waals surface area contributed by atoms with Crippen LogP contribution in [0.2, 0.25) is 0 Å². The molecule has 0 aliphatic rings. The van der Waals surface area contributed by atoms with Crippen LogP contribution in [0.5, 0.6) is 0 Å². The van der Waals surface area contributed by atoms with Gasteiger partial charge in [-0.2, -0.15) is 5.10 Å². The van der Waals surface area contributed by atoms with Gasteiger partial charge in [-0.1, -0.05) is 45.0 Å². The first-order valence-electron chi connectivity index (χ1n) is 7.90. The number of rotatable bonds is 7. The highest BCUT2D eigenvalue weighted by atomic mass is 15.4. The van der Waals surface area contributed by atoms with Crippen molar-refractivity contribution in [3.05, 3.63) is 47.0 Å². The molecule has 1 heterocycles. The maximum atomic E-state index is 4.61. The van der Waals surface area contributed by atoms with Crippen LogP contribution < -0.4 is 5.32 Å². The average molecular weight is 286 g/mol. The van der Waals surface area contributed by atoms with E-state index in [-0.39, 0.29) is 6.04 Å². The highest BCUT2D eigenvalue weighted by Crippen LogP contribution is 2.17. The van der Waals surface area contributed by atoms with E-state index in [0.29, 0.717) is 0 Å². The van der Waals surface area contributed by atoms with Crippen LogP contribution in [0, 0.1) is 0 Å². The molecule has 2 rings (SSSR count). The van der Waals surface area contributed by atoms with E-state index >= 15 is 0 Å². The second kappa shape index (κ2) is 7.36. The highest BCUT2D eigenvalue weighted by molar-refractivity contribution is 5.25. The smallest absolute Gasteiger partial charge is 0.150 e. The summed E-state index contributed by atoms with van der Waals surface area (Å²) in [5, 5.41) is 8.01. The third-order valence-corrected chi connectivity index (χ3v) is 3.92. The Morgan fingerprint density at radius 2 is 1.76 bits per heavy atom. The van der Waals surface area contributed by atoms with Gasteiger partial charge in [0.05, 0.1) is 12.6 Å². The van der Waals surface area contributed by atoms with Gasteiger partial charge in [0, 0.05) is 12.8 Å². The zero-order chi connectivity index (χ0) is 15.2. The Morgan fingerprint density at radius 1 is 1.05 bits per heavy atom. The fourth-order valence-corrected chi connectivity index (χ4v) is 2.51. The van der Waals surface area contributed by atoms with Crippen LogP contribution in [0.3, 0.4) is 0 Å². The number of hydrogen-bond donors (Lipinski definition) is 1. The quantitative estimate of drug-likeness (QED) is 0.851. The van der Waals surface area contributed by atoms with Crippen molar-refractivity contribution in [3.63, 3.8) is 0 Å². The van der Waals surface area contributed by atoms with Gasteiger partial charge in [-0.15, -0.1) is 0 Å². The van der Waals surface area contributed by atoms with Crippen molar-refractivity contribution in [2.75, 3.05) is 7.05 Å². The Kier molecular flexibility index (Phi) is 5.51. The molecule has 0 saturated carbocycles. The standard InChI is InChI=1S/C17H26N4/c1-5-13-8-10-14(11-9-13)15(18-4)12-21-17(7-3)19-16(6-2)20-21/h8-11,15,18H,5-7,12H2,1-4H3. The zero-order valence-corrected chi connectivity index (χ0v) is 13.6. The number of likely N-dealkylation sites (N-methyl/N-ethyl adjacent to an activating group) is 1. The van der Waals surface area contributed by atoms with E-state index in [4.69, 9.17) is 0 Å². The summed E-state index contributed by atoms with van der Waals surface area (Å²) in [4.78, 5) is 4.58. The van der Waals surface area contributed by atoms with Crippen molar-refractivity contribution in [2.24, 2.45) is 0 Å². The van der Waals surface area contributed by atoms with Gasteiger partial charge in [0.1, 0.15) is 5.82 Å². The molecule has 2 aromatic rings. The molecule has 0 saturated heterocycles. The third-order valence-electron chi connectivity index (χ3n) is 3.92. The molecule has 0 radical (unpaired) electrons. The molecule has 1 N–H and O–H groups in total. The monoisotopic (exact) mass is 286 g/mol. The summed E-state index contributed by atoms with van der Waals surface area (Å²) < 4.78 is 2.05. The van der Waals surface area contributed by atoms with Gasteiger partial charge < -0.3 is 5.32 Å². The average Bonchev–Trinajstić information content (AvgIpc) is 2.95. The van der Waals surface area contributed by atoms with E-state index in [1.807, 2.05) is 11.7 Å². The predicted molar refractivity (Wildman–Crippen MR) is 86.4 cm³/mol. The number of aryl methyl sites for hydroxylation is 3. The molecule has 0 spiro atoms. The summed E-state index contributed by atoms with van der Waals surface area (Å²) in [6, 6.07) is 9.10. The van der Waals surface area contributed by atoms with Crippen molar-refractivity contribution >= 4 is 0 Å². The Labute approximate surface area is 127 Å². The summed E-state index contributed by atoms with van der Waals surface area (Å²) in [6.07, 6.45) is 2.88. The van der Waals surface area contributed by atoms with Crippen molar-refractivity contribution in [1.29, 1.82) is 0 Å². The van der Waals surface area contributed by atoms with E-state index in [1.165, 1.54) is 11.1 Å². The van der Waals surface area contributed by atoms with Crippen LogP contribution in [0.15, 0.2) is 24.3 Å². The molecule has 1 unspecified atom stereocenters. The van der Waals surface area contributed by atoms with E-state index in [0.717, 1.165) is 37.5 Å². The molecule has 1 atom stereocenters.